The van der Waals surface area contributed by atoms with Crippen molar-refractivity contribution in [3.05, 3.63) is 57.3 Å². The maximum atomic E-state index is 12.4. The number of rotatable bonds is 5. The molecule has 0 unspecified atom stereocenters. The summed E-state index contributed by atoms with van der Waals surface area (Å²) in [5.74, 6) is 0.917. The Labute approximate surface area is 159 Å². The van der Waals surface area contributed by atoms with Crippen molar-refractivity contribution in [2.45, 2.75) is 32.9 Å². The van der Waals surface area contributed by atoms with Crippen molar-refractivity contribution in [2.75, 3.05) is 20.1 Å². The van der Waals surface area contributed by atoms with E-state index < -0.39 is 0 Å². The average Bonchev–Trinajstić information content (AvgIpc) is 3.13. The van der Waals surface area contributed by atoms with E-state index in [1.807, 2.05) is 4.90 Å². The molecular formula is C20H26N4OS. The third kappa shape index (κ3) is 4.85. The highest BCUT2D eigenvalue weighted by molar-refractivity contribution is 7.10. The molecule has 1 amide bonds. The fraction of sp³-hybridized carbons (Fsp3) is 0.400. The van der Waals surface area contributed by atoms with Gasteiger partial charge < -0.3 is 15.5 Å². The molecule has 1 aliphatic heterocycles. The molecule has 0 saturated carbocycles. The predicted molar refractivity (Wildman–Crippen MR) is 107 cm³/mol. The Morgan fingerprint density at radius 1 is 1.23 bits per heavy atom. The molecule has 0 saturated heterocycles. The average molecular weight is 371 g/mol. The van der Waals surface area contributed by atoms with E-state index in [-0.39, 0.29) is 5.91 Å². The molecule has 3 rings (SSSR count). The maximum absolute atomic E-state index is 12.4. The number of hydrogen-bond acceptors (Lipinski definition) is 3. The predicted octanol–water partition coefficient (Wildman–Crippen LogP) is 2.70. The number of carbonyl (C=O) groups is 1. The molecule has 0 aliphatic carbocycles. The Morgan fingerprint density at radius 2 is 2.04 bits per heavy atom. The van der Waals surface area contributed by atoms with Crippen molar-refractivity contribution in [1.29, 1.82) is 0 Å². The van der Waals surface area contributed by atoms with Crippen LogP contribution < -0.4 is 10.6 Å². The highest BCUT2D eigenvalue weighted by Gasteiger charge is 2.20. The lowest BCUT2D eigenvalue weighted by Crippen LogP contribution is -2.40. The Bertz CT molecular complexity index is 766. The first-order valence-corrected chi connectivity index (χ1v) is 9.87. The topological polar surface area (TPSA) is 56.7 Å². The van der Waals surface area contributed by atoms with Crippen LogP contribution in [0.3, 0.4) is 0 Å². The zero-order valence-electron chi connectivity index (χ0n) is 15.4. The largest absolute Gasteiger partial charge is 0.356 e. The lowest BCUT2D eigenvalue weighted by molar-refractivity contribution is -0.131. The Hall–Kier alpha value is -2.34. The van der Waals surface area contributed by atoms with E-state index in [0.717, 1.165) is 25.5 Å². The molecule has 0 fully saturated rings. The standard InChI is InChI=1S/C20H26N4OS/c1-15-3-5-16(6-4-15)13-23-20(21-2)22-10-7-19(25)24-11-8-18-17(14-24)9-12-26-18/h3-6,9,12H,7-8,10-11,13-14H2,1-2H3,(H2,21,22,23). The van der Waals surface area contributed by atoms with E-state index in [4.69, 9.17) is 0 Å². The Balaban J connectivity index is 1.40. The minimum Gasteiger partial charge on any atom is -0.356 e. The number of amides is 1. The number of carbonyl (C=O) groups excluding carboxylic acids is 1. The van der Waals surface area contributed by atoms with Crippen LogP contribution >= 0.6 is 11.3 Å². The summed E-state index contributed by atoms with van der Waals surface area (Å²) in [6.45, 7) is 4.95. The van der Waals surface area contributed by atoms with Gasteiger partial charge in [-0.15, -0.1) is 11.3 Å². The highest BCUT2D eigenvalue weighted by atomic mass is 32.1. The van der Waals surface area contributed by atoms with E-state index in [2.05, 4.69) is 58.3 Å². The summed E-state index contributed by atoms with van der Waals surface area (Å²) in [7, 11) is 1.75. The second-order valence-corrected chi connectivity index (χ2v) is 7.52. The van der Waals surface area contributed by atoms with Crippen LogP contribution in [0.5, 0.6) is 0 Å². The summed E-state index contributed by atoms with van der Waals surface area (Å²) in [5, 5.41) is 8.63. The number of fused-ring (bicyclic) bond motifs is 1. The van der Waals surface area contributed by atoms with E-state index in [9.17, 15) is 4.79 Å². The molecule has 0 bridgehead atoms. The summed E-state index contributed by atoms with van der Waals surface area (Å²) in [4.78, 5) is 20.0. The van der Waals surface area contributed by atoms with Crippen LogP contribution in [0.15, 0.2) is 40.7 Å². The molecule has 26 heavy (non-hydrogen) atoms. The van der Waals surface area contributed by atoms with Crippen LogP contribution in [0, 0.1) is 6.92 Å². The molecule has 6 heteroatoms. The van der Waals surface area contributed by atoms with Crippen LogP contribution in [0.4, 0.5) is 0 Å². The van der Waals surface area contributed by atoms with Gasteiger partial charge >= 0.3 is 0 Å². The molecule has 2 aromatic rings. The molecule has 0 radical (unpaired) electrons. The first-order chi connectivity index (χ1) is 12.7. The third-order valence-electron chi connectivity index (χ3n) is 4.60. The van der Waals surface area contributed by atoms with Gasteiger partial charge in [0.1, 0.15) is 0 Å². The molecule has 2 heterocycles. The minimum absolute atomic E-state index is 0.198. The molecule has 0 atom stereocenters. The van der Waals surface area contributed by atoms with Gasteiger partial charge in [0, 0.05) is 44.5 Å². The maximum Gasteiger partial charge on any atom is 0.224 e. The zero-order chi connectivity index (χ0) is 18.4. The van der Waals surface area contributed by atoms with Crippen LogP contribution in [-0.2, 0) is 24.3 Å². The molecule has 138 valence electrons. The number of nitrogens with zero attached hydrogens (tertiary/aromatic N) is 2. The van der Waals surface area contributed by atoms with Crippen molar-refractivity contribution < 1.29 is 4.79 Å². The first kappa shape index (κ1) is 18.5. The minimum atomic E-state index is 0.198. The van der Waals surface area contributed by atoms with Gasteiger partial charge in [-0.2, -0.15) is 0 Å². The van der Waals surface area contributed by atoms with Gasteiger partial charge in [0.15, 0.2) is 5.96 Å². The summed E-state index contributed by atoms with van der Waals surface area (Å²) in [5.41, 5.74) is 3.76. The number of thiophene rings is 1. The van der Waals surface area contributed by atoms with Crippen LogP contribution in [-0.4, -0.2) is 36.9 Å². The number of guanidine groups is 1. The van der Waals surface area contributed by atoms with Crippen molar-refractivity contribution in [1.82, 2.24) is 15.5 Å². The number of aliphatic imine (C=N–C) groups is 1. The summed E-state index contributed by atoms with van der Waals surface area (Å²) < 4.78 is 0. The van der Waals surface area contributed by atoms with Crippen molar-refractivity contribution in [3.8, 4) is 0 Å². The first-order valence-electron chi connectivity index (χ1n) is 8.99. The molecule has 0 spiro atoms. The Morgan fingerprint density at radius 3 is 2.81 bits per heavy atom. The lowest BCUT2D eigenvalue weighted by Gasteiger charge is -2.27. The van der Waals surface area contributed by atoms with Crippen molar-refractivity contribution in [2.24, 2.45) is 4.99 Å². The van der Waals surface area contributed by atoms with Crippen LogP contribution in [0.25, 0.3) is 0 Å². The van der Waals surface area contributed by atoms with E-state index in [1.54, 1.807) is 18.4 Å². The lowest BCUT2D eigenvalue weighted by atomic mass is 10.1. The highest BCUT2D eigenvalue weighted by Crippen LogP contribution is 2.24. The van der Waals surface area contributed by atoms with Crippen LogP contribution in [0.1, 0.15) is 28.0 Å². The molecule has 1 aliphatic rings. The van der Waals surface area contributed by atoms with E-state index in [0.29, 0.717) is 19.5 Å². The van der Waals surface area contributed by atoms with E-state index >= 15 is 0 Å². The summed E-state index contributed by atoms with van der Waals surface area (Å²) >= 11 is 1.79. The summed E-state index contributed by atoms with van der Waals surface area (Å²) in [6.07, 6.45) is 1.46. The SMILES string of the molecule is CN=C(NCCC(=O)N1CCc2sccc2C1)NCc1ccc(C)cc1. The Kier molecular flexibility index (Phi) is 6.28. The molecule has 1 aromatic heterocycles. The smallest absolute Gasteiger partial charge is 0.224 e. The molecule has 2 N–H and O–H groups in total. The quantitative estimate of drug-likeness (QED) is 0.628. The van der Waals surface area contributed by atoms with Crippen LogP contribution in [0.2, 0.25) is 0 Å². The van der Waals surface area contributed by atoms with Gasteiger partial charge in [0.2, 0.25) is 5.91 Å². The fourth-order valence-corrected chi connectivity index (χ4v) is 3.91. The van der Waals surface area contributed by atoms with Gasteiger partial charge in [-0.25, -0.2) is 0 Å². The number of aryl methyl sites for hydroxylation is 1. The van der Waals surface area contributed by atoms with Gasteiger partial charge in [-0.05, 0) is 35.9 Å². The normalized spacial score (nSPS) is 14.1. The van der Waals surface area contributed by atoms with Gasteiger partial charge in [0.05, 0.1) is 0 Å². The number of hydrogen-bond donors (Lipinski definition) is 2. The number of benzene rings is 1. The third-order valence-corrected chi connectivity index (χ3v) is 5.62. The fourth-order valence-electron chi connectivity index (χ4n) is 3.02. The second-order valence-electron chi connectivity index (χ2n) is 6.52. The van der Waals surface area contributed by atoms with Crippen molar-refractivity contribution >= 4 is 23.2 Å². The second kappa shape index (κ2) is 8.85. The van der Waals surface area contributed by atoms with Gasteiger partial charge in [-0.1, -0.05) is 29.8 Å². The summed E-state index contributed by atoms with van der Waals surface area (Å²) in [6, 6.07) is 10.5. The molecule has 1 aromatic carbocycles. The monoisotopic (exact) mass is 370 g/mol. The van der Waals surface area contributed by atoms with Gasteiger partial charge in [0.25, 0.3) is 0 Å². The van der Waals surface area contributed by atoms with Crippen molar-refractivity contribution in [3.63, 3.8) is 0 Å². The van der Waals surface area contributed by atoms with Gasteiger partial charge in [-0.3, -0.25) is 9.79 Å². The number of nitrogens with one attached hydrogen (secondary N) is 2. The van der Waals surface area contributed by atoms with E-state index in [1.165, 1.54) is 21.6 Å². The molecular weight excluding hydrogens is 344 g/mol. The molecule has 5 nitrogen and oxygen atoms in total. The zero-order valence-corrected chi connectivity index (χ0v) is 16.2.